The number of anilines is 1. The van der Waals surface area contributed by atoms with Crippen LogP contribution in [0.15, 0.2) is 42.6 Å². The molecular formula is C18H18FN3O3. The Morgan fingerprint density at radius 2 is 2.16 bits per heavy atom. The monoisotopic (exact) mass is 343 g/mol. The molecule has 2 aromatic rings. The maximum absolute atomic E-state index is 13.4. The summed E-state index contributed by atoms with van der Waals surface area (Å²) in [4.78, 5) is 30.0. The lowest BCUT2D eigenvalue weighted by Gasteiger charge is -2.16. The minimum atomic E-state index is -0.744. The Morgan fingerprint density at radius 1 is 1.32 bits per heavy atom. The molecule has 1 saturated heterocycles. The first-order valence-electron chi connectivity index (χ1n) is 7.93. The number of likely N-dealkylation sites (tertiary alicyclic amines) is 1. The second kappa shape index (κ2) is 7.29. The molecule has 1 fully saturated rings. The smallest absolute Gasteiger partial charge is 0.314 e. The Bertz CT molecular complexity index is 797. The van der Waals surface area contributed by atoms with E-state index in [-0.39, 0.29) is 17.6 Å². The van der Waals surface area contributed by atoms with Gasteiger partial charge in [-0.25, -0.2) is 9.37 Å². The molecule has 0 saturated carbocycles. The van der Waals surface area contributed by atoms with Crippen LogP contribution in [-0.4, -0.2) is 41.9 Å². The molecule has 1 N–H and O–H groups in total. The molecule has 6 nitrogen and oxygen atoms in total. The molecule has 1 aromatic carbocycles. The van der Waals surface area contributed by atoms with E-state index < -0.39 is 11.8 Å². The van der Waals surface area contributed by atoms with E-state index in [0.717, 1.165) is 5.56 Å². The van der Waals surface area contributed by atoms with Gasteiger partial charge in [0, 0.05) is 25.2 Å². The number of pyridine rings is 1. The Hall–Kier alpha value is -2.96. The normalized spacial score (nSPS) is 16.6. The van der Waals surface area contributed by atoms with Gasteiger partial charge in [0.15, 0.2) is 0 Å². The molecule has 0 unspecified atom stereocenters. The molecule has 25 heavy (non-hydrogen) atoms. The highest BCUT2D eigenvalue weighted by molar-refractivity contribution is 6.39. The van der Waals surface area contributed by atoms with Gasteiger partial charge in [-0.2, -0.15) is 0 Å². The van der Waals surface area contributed by atoms with Crippen molar-refractivity contribution in [2.45, 2.75) is 12.3 Å². The molecular weight excluding hydrogens is 325 g/mol. The van der Waals surface area contributed by atoms with Gasteiger partial charge in [-0.15, -0.1) is 0 Å². The first-order chi connectivity index (χ1) is 12.1. The maximum Gasteiger partial charge on any atom is 0.314 e. The number of amides is 2. The number of aromatic nitrogens is 1. The summed E-state index contributed by atoms with van der Waals surface area (Å²) in [5.74, 6) is -1.40. The van der Waals surface area contributed by atoms with Crippen molar-refractivity contribution in [2.24, 2.45) is 0 Å². The maximum atomic E-state index is 13.4. The van der Waals surface area contributed by atoms with Crippen molar-refractivity contribution in [3.63, 3.8) is 0 Å². The van der Waals surface area contributed by atoms with Crippen LogP contribution in [0.3, 0.4) is 0 Å². The fourth-order valence-corrected chi connectivity index (χ4v) is 2.95. The van der Waals surface area contributed by atoms with E-state index in [9.17, 15) is 14.0 Å². The van der Waals surface area contributed by atoms with E-state index in [0.29, 0.717) is 25.2 Å². The number of hydrogen-bond acceptors (Lipinski definition) is 4. The fraction of sp³-hybridized carbons (Fsp3) is 0.278. The second-order valence-electron chi connectivity index (χ2n) is 5.81. The largest absolute Gasteiger partial charge is 0.480 e. The van der Waals surface area contributed by atoms with Crippen LogP contribution in [-0.2, 0) is 9.59 Å². The molecule has 0 radical (unpaired) electrons. The summed E-state index contributed by atoms with van der Waals surface area (Å²) in [5, 5.41) is 2.52. The lowest BCUT2D eigenvalue weighted by Crippen LogP contribution is -2.38. The van der Waals surface area contributed by atoms with Gasteiger partial charge in [-0.1, -0.05) is 12.1 Å². The van der Waals surface area contributed by atoms with Crippen LogP contribution in [0.4, 0.5) is 10.1 Å². The third-order valence-electron chi connectivity index (χ3n) is 4.20. The third-order valence-corrected chi connectivity index (χ3v) is 4.20. The third kappa shape index (κ3) is 3.76. The number of nitrogens with zero attached hydrogens (tertiary/aromatic N) is 2. The number of benzene rings is 1. The minimum Gasteiger partial charge on any atom is -0.480 e. The molecule has 1 aliphatic rings. The molecule has 3 rings (SSSR count). The lowest BCUT2D eigenvalue weighted by molar-refractivity contribution is -0.142. The predicted molar refractivity (Wildman–Crippen MR) is 89.8 cm³/mol. The molecule has 2 heterocycles. The Balaban J connectivity index is 1.64. The van der Waals surface area contributed by atoms with E-state index in [2.05, 4.69) is 10.3 Å². The van der Waals surface area contributed by atoms with E-state index in [1.807, 2.05) is 6.07 Å². The number of rotatable bonds is 3. The number of hydrogen-bond donors (Lipinski definition) is 1. The van der Waals surface area contributed by atoms with Gasteiger partial charge in [-0.3, -0.25) is 9.59 Å². The quantitative estimate of drug-likeness (QED) is 0.867. The van der Waals surface area contributed by atoms with Gasteiger partial charge in [0.05, 0.1) is 7.11 Å². The predicted octanol–water partition coefficient (Wildman–Crippen LogP) is 2.18. The number of carbonyl (C=O) groups excluding carboxylic acids is 2. The average molecular weight is 343 g/mol. The number of methoxy groups -OCH3 is 1. The van der Waals surface area contributed by atoms with Crippen molar-refractivity contribution < 1.29 is 18.7 Å². The van der Waals surface area contributed by atoms with E-state index in [1.165, 1.54) is 30.3 Å². The summed E-state index contributed by atoms with van der Waals surface area (Å²) in [6, 6.07) is 9.59. The van der Waals surface area contributed by atoms with Crippen molar-refractivity contribution in [1.29, 1.82) is 0 Å². The van der Waals surface area contributed by atoms with E-state index >= 15 is 0 Å². The topological polar surface area (TPSA) is 71.5 Å². The fourth-order valence-electron chi connectivity index (χ4n) is 2.95. The van der Waals surface area contributed by atoms with Crippen molar-refractivity contribution in [1.82, 2.24) is 9.88 Å². The summed E-state index contributed by atoms with van der Waals surface area (Å²) in [7, 11) is 1.43. The van der Waals surface area contributed by atoms with Crippen LogP contribution < -0.4 is 10.1 Å². The van der Waals surface area contributed by atoms with Gasteiger partial charge in [0.25, 0.3) is 0 Å². The number of halogens is 1. The van der Waals surface area contributed by atoms with Crippen molar-refractivity contribution in [3.8, 4) is 5.88 Å². The van der Waals surface area contributed by atoms with Gasteiger partial charge in [-0.05, 0) is 36.2 Å². The minimum absolute atomic E-state index is 0.0281. The second-order valence-corrected chi connectivity index (χ2v) is 5.81. The average Bonchev–Trinajstić information content (AvgIpc) is 3.11. The zero-order valence-electron chi connectivity index (χ0n) is 13.7. The van der Waals surface area contributed by atoms with Gasteiger partial charge in [0.1, 0.15) is 11.5 Å². The van der Waals surface area contributed by atoms with Crippen LogP contribution in [0.5, 0.6) is 5.88 Å². The molecule has 2 amide bonds. The first kappa shape index (κ1) is 16.9. The molecule has 0 aliphatic carbocycles. The van der Waals surface area contributed by atoms with Crippen LogP contribution in [0.1, 0.15) is 17.9 Å². The zero-order valence-corrected chi connectivity index (χ0v) is 13.7. The van der Waals surface area contributed by atoms with Crippen LogP contribution in [0, 0.1) is 5.82 Å². The Morgan fingerprint density at radius 3 is 2.92 bits per heavy atom. The van der Waals surface area contributed by atoms with Crippen molar-refractivity contribution in [2.75, 3.05) is 25.5 Å². The highest BCUT2D eigenvalue weighted by Gasteiger charge is 2.31. The summed E-state index contributed by atoms with van der Waals surface area (Å²) in [6.45, 7) is 0.845. The standard InChI is InChI=1S/C18H18FN3O3/c1-25-17-15(6-3-8-20-17)21-16(23)18(24)22-9-7-13(11-22)12-4-2-5-14(19)10-12/h2-6,8,10,13H,7,9,11H2,1H3,(H,21,23)/t13-/m1/s1. The molecule has 1 aliphatic heterocycles. The molecule has 1 aromatic heterocycles. The number of nitrogens with one attached hydrogen (secondary N) is 1. The number of ether oxygens (including phenoxy) is 1. The first-order valence-corrected chi connectivity index (χ1v) is 7.93. The van der Waals surface area contributed by atoms with Gasteiger partial charge in [0.2, 0.25) is 5.88 Å². The SMILES string of the molecule is COc1ncccc1NC(=O)C(=O)N1CC[C@@H](c2cccc(F)c2)C1. The molecule has 130 valence electrons. The summed E-state index contributed by atoms with van der Waals surface area (Å²) < 4.78 is 18.4. The molecule has 7 heteroatoms. The molecule has 0 bridgehead atoms. The van der Waals surface area contributed by atoms with Crippen LogP contribution in [0.25, 0.3) is 0 Å². The highest BCUT2D eigenvalue weighted by Crippen LogP contribution is 2.28. The summed E-state index contributed by atoms with van der Waals surface area (Å²) in [5.41, 5.74) is 1.17. The Labute approximate surface area is 144 Å². The van der Waals surface area contributed by atoms with Gasteiger partial charge < -0.3 is 15.0 Å². The lowest BCUT2D eigenvalue weighted by atomic mass is 9.98. The van der Waals surface area contributed by atoms with Crippen LogP contribution in [0.2, 0.25) is 0 Å². The van der Waals surface area contributed by atoms with E-state index in [1.54, 1.807) is 18.2 Å². The zero-order chi connectivity index (χ0) is 17.8. The number of carbonyl (C=O) groups is 2. The highest BCUT2D eigenvalue weighted by atomic mass is 19.1. The molecule has 0 spiro atoms. The summed E-state index contributed by atoms with van der Waals surface area (Å²) >= 11 is 0. The van der Waals surface area contributed by atoms with Crippen molar-refractivity contribution in [3.05, 3.63) is 54.0 Å². The van der Waals surface area contributed by atoms with E-state index in [4.69, 9.17) is 4.74 Å². The van der Waals surface area contributed by atoms with Crippen molar-refractivity contribution >= 4 is 17.5 Å². The molecule has 1 atom stereocenters. The Kier molecular flexibility index (Phi) is 4.92. The summed E-state index contributed by atoms with van der Waals surface area (Å²) in [6.07, 6.45) is 2.22. The van der Waals surface area contributed by atoms with Gasteiger partial charge >= 0.3 is 11.8 Å². The van der Waals surface area contributed by atoms with Crippen LogP contribution >= 0.6 is 0 Å².